The van der Waals surface area contributed by atoms with Crippen molar-refractivity contribution in [3.63, 3.8) is 0 Å². The van der Waals surface area contributed by atoms with E-state index in [1.54, 1.807) is 36.4 Å². The highest BCUT2D eigenvalue weighted by Gasteiger charge is 2.12. The predicted octanol–water partition coefficient (Wildman–Crippen LogP) is 5.47. The van der Waals surface area contributed by atoms with Gasteiger partial charge in [-0.05, 0) is 51.8 Å². The fourth-order valence-corrected chi connectivity index (χ4v) is 2.76. The minimum absolute atomic E-state index is 0.122. The van der Waals surface area contributed by atoms with Crippen LogP contribution in [0.15, 0.2) is 65.3 Å². The largest absolute Gasteiger partial charge is 0.489 e. The maximum Gasteiger partial charge on any atom is 0.258 e. The Morgan fingerprint density at radius 2 is 2.00 bits per heavy atom. The Labute approximate surface area is 163 Å². The molecule has 0 bridgehead atoms. The molecular weight excluding hydrogens is 423 g/mol. The van der Waals surface area contributed by atoms with E-state index in [0.29, 0.717) is 15.9 Å². The Kier molecular flexibility index (Phi) is 5.85. The van der Waals surface area contributed by atoms with E-state index >= 15 is 0 Å². The number of amides is 1. The highest BCUT2D eigenvalue weighted by atomic mass is 79.9. The lowest BCUT2D eigenvalue weighted by molar-refractivity contribution is 0.102. The van der Waals surface area contributed by atoms with Crippen molar-refractivity contribution in [1.82, 2.24) is 4.98 Å². The highest BCUT2D eigenvalue weighted by molar-refractivity contribution is 9.10. The zero-order valence-electron chi connectivity index (χ0n) is 13.4. The van der Waals surface area contributed by atoms with E-state index in [1.807, 2.05) is 6.07 Å². The number of hydrogen-bond donors (Lipinski definition) is 1. The normalized spacial score (nSPS) is 10.4. The molecule has 0 spiro atoms. The average Bonchev–Trinajstić information content (AvgIpc) is 2.62. The standard InChI is InChI=1S/C19H13BrClFN2O2/c20-13-8-17(18(21)23-10-13)19(25)24-15-5-1-3-12(7-15)11-26-16-6-2-4-14(22)9-16/h1-10H,11H2,(H,24,25). The summed E-state index contributed by atoms with van der Waals surface area (Å²) < 4.78 is 19.4. The van der Waals surface area contributed by atoms with E-state index in [-0.39, 0.29) is 29.0 Å². The Balaban J connectivity index is 1.69. The van der Waals surface area contributed by atoms with Crippen LogP contribution in [0.4, 0.5) is 10.1 Å². The second-order valence-corrected chi connectivity index (χ2v) is 6.67. The Hall–Kier alpha value is -2.44. The van der Waals surface area contributed by atoms with Gasteiger partial charge in [0.1, 0.15) is 23.3 Å². The molecule has 0 saturated heterocycles. The van der Waals surface area contributed by atoms with Gasteiger partial charge in [0.2, 0.25) is 0 Å². The number of benzene rings is 2. The molecular formula is C19H13BrClFN2O2. The van der Waals surface area contributed by atoms with E-state index in [1.165, 1.54) is 18.3 Å². The molecule has 1 heterocycles. The molecule has 2 aromatic carbocycles. The SMILES string of the molecule is O=C(Nc1cccc(COc2cccc(F)c2)c1)c1cc(Br)cnc1Cl. The molecule has 4 nitrogen and oxygen atoms in total. The molecule has 0 aliphatic rings. The third-order valence-electron chi connectivity index (χ3n) is 3.44. The zero-order chi connectivity index (χ0) is 18.5. The van der Waals surface area contributed by atoms with Gasteiger partial charge in [0.05, 0.1) is 5.56 Å². The average molecular weight is 436 g/mol. The molecule has 0 atom stereocenters. The first kappa shape index (κ1) is 18.4. The van der Waals surface area contributed by atoms with Crippen molar-refractivity contribution in [2.24, 2.45) is 0 Å². The molecule has 1 N–H and O–H groups in total. The van der Waals surface area contributed by atoms with Crippen LogP contribution in [0.1, 0.15) is 15.9 Å². The summed E-state index contributed by atoms with van der Waals surface area (Å²) >= 11 is 9.24. The first-order valence-corrected chi connectivity index (χ1v) is 8.78. The van der Waals surface area contributed by atoms with Crippen molar-refractivity contribution in [3.05, 3.63) is 87.4 Å². The maximum atomic E-state index is 13.2. The smallest absolute Gasteiger partial charge is 0.258 e. The maximum absolute atomic E-state index is 13.2. The lowest BCUT2D eigenvalue weighted by atomic mass is 10.2. The van der Waals surface area contributed by atoms with Gasteiger partial charge < -0.3 is 10.1 Å². The molecule has 0 fully saturated rings. The first-order valence-electron chi connectivity index (χ1n) is 7.61. The van der Waals surface area contributed by atoms with E-state index in [2.05, 4.69) is 26.2 Å². The lowest BCUT2D eigenvalue weighted by Gasteiger charge is -2.10. The minimum Gasteiger partial charge on any atom is -0.489 e. The van der Waals surface area contributed by atoms with Gasteiger partial charge in [-0.2, -0.15) is 0 Å². The molecule has 0 unspecified atom stereocenters. The topological polar surface area (TPSA) is 51.2 Å². The van der Waals surface area contributed by atoms with Crippen LogP contribution in [0.2, 0.25) is 5.15 Å². The number of hydrogen-bond acceptors (Lipinski definition) is 3. The van der Waals surface area contributed by atoms with Crippen molar-refractivity contribution in [2.45, 2.75) is 6.61 Å². The molecule has 3 rings (SSSR count). The summed E-state index contributed by atoms with van der Waals surface area (Å²) in [6.45, 7) is 0.242. The fourth-order valence-electron chi connectivity index (χ4n) is 2.24. The van der Waals surface area contributed by atoms with E-state index < -0.39 is 0 Å². The van der Waals surface area contributed by atoms with Crippen LogP contribution in [0.5, 0.6) is 5.75 Å². The molecule has 0 radical (unpaired) electrons. The van der Waals surface area contributed by atoms with Crippen LogP contribution < -0.4 is 10.1 Å². The van der Waals surface area contributed by atoms with E-state index in [9.17, 15) is 9.18 Å². The second kappa shape index (κ2) is 8.29. The number of carbonyl (C=O) groups is 1. The quantitative estimate of drug-likeness (QED) is 0.541. The van der Waals surface area contributed by atoms with Crippen LogP contribution in [0, 0.1) is 5.82 Å². The molecule has 132 valence electrons. The molecule has 1 aromatic heterocycles. The van der Waals surface area contributed by atoms with E-state index in [0.717, 1.165) is 5.56 Å². The van der Waals surface area contributed by atoms with Crippen LogP contribution in [-0.2, 0) is 6.61 Å². The van der Waals surface area contributed by atoms with Crippen LogP contribution in [0.25, 0.3) is 0 Å². The Morgan fingerprint density at radius 1 is 1.19 bits per heavy atom. The lowest BCUT2D eigenvalue weighted by Crippen LogP contribution is -2.13. The molecule has 1 amide bonds. The van der Waals surface area contributed by atoms with Crippen molar-refractivity contribution >= 4 is 39.1 Å². The summed E-state index contributed by atoms with van der Waals surface area (Å²) in [6.07, 6.45) is 1.52. The number of nitrogens with zero attached hydrogens (tertiary/aromatic N) is 1. The molecule has 3 aromatic rings. The van der Waals surface area contributed by atoms with Gasteiger partial charge in [0.15, 0.2) is 0 Å². The van der Waals surface area contributed by atoms with Crippen molar-refractivity contribution in [2.75, 3.05) is 5.32 Å². The highest BCUT2D eigenvalue weighted by Crippen LogP contribution is 2.21. The fraction of sp³-hybridized carbons (Fsp3) is 0.0526. The van der Waals surface area contributed by atoms with Gasteiger partial charge in [0, 0.05) is 22.4 Å². The third kappa shape index (κ3) is 4.80. The van der Waals surface area contributed by atoms with Gasteiger partial charge in [-0.15, -0.1) is 0 Å². The summed E-state index contributed by atoms with van der Waals surface area (Å²) in [7, 11) is 0. The molecule has 26 heavy (non-hydrogen) atoms. The first-order chi connectivity index (χ1) is 12.5. The molecule has 0 aliphatic carbocycles. The van der Waals surface area contributed by atoms with Crippen LogP contribution in [-0.4, -0.2) is 10.9 Å². The molecule has 0 saturated carbocycles. The van der Waals surface area contributed by atoms with Crippen molar-refractivity contribution in [1.29, 1.82) is 0 Å². The van der Waals surface area contributed by atoms with Crippen molar-refractivity contribution in [3.8, 4) is 5.75 Å². The van der Waals surface area contributed by atoms with Gasteiger partial charge >= 0.3 is 0 Å². The Morgan fingerprint density at radius 3 is 2.81 bits per heavy atom. The number of pyridine rings is 1. The summed E-state index contributed by atoms with van der Waals surface area (Å²) in [5.41, 5.74) is 1.68. The number of ether oxygens (including phenoxy) is 1. The summed E-state index contributed by atoms with van der Waals surface area (Å²) in [4.78, 5) is 16.3. The second-order valence-electron chi connectivity index (χ2n) is 5.39. The number of halogens is 3. The summed E-state index contributed by atoms with van der Waals surface area (Å²) in [5, 5.41) is 2.90. The minimum atomic E-state index is -0.369. The monoisotopic (exact) mass is 434 g/mol. The van der Waals surface area contributed by atoms with E-state index in [4.69, 9.17) is 16.3 Å². The molecule has 0 aliphatic heterocycles. The predicted molar refractivity (Wildman–Crippen MR) is 102 cm³/mol. The van der Waals surface area contributed by atoms with Gasteiger partial charge in [-0.25, -0.2) is 9.37 Å². The van der Waals surface area contributed by atoms with Crippen LogP contribution in [0.3, 0.4) is 0 Å². The number of rotatable bonds is 5. The van der Waals surface area contributed by atoms with Gasteiger partial charge in [-0.1, -0.05) is 29.8 Å². The van der Waals surface area contributed by atoms with Crippen LogP contribution >= 0.6 is 27.5 Å². The number of aromatic nitrogens is 1. The summed E-state index contributed by atoms with van der Waals surface area (Å²) in [5.74, 6) is -0.290. The summed E-state index contributed by atoms with van der Waals surface area (Å²) in [6, 6.07) is 14.7. The number of carbonyl (C=O) groups excluding carboxylic acids is 1. The zero-order valence-corrected chi connectivity index (χ0v) is 15.7. The van der Waals surface area contributed by atoms with Crippen molar-refractivity contribution < 1.29 is 13.9 Å². The molecule has 7 heteroatoms. The van der Waals surface area contributed by atoms with Gasteiger partial charge in [-0.3, -0.25) is 4.79 Å². The Bertz CT molecular complexity index is 952. The number of nitrogens with one attached hydrogen (secondary N) is 1. The van der Waals surface area contributed by atoms with Gasteiger partial charge in [0.25, 0.3) is 5.91 Å². The third-order valence-corrected chi connectivity index (χ3v) is 4.17. The number of anilines is 1.